The largest absolute Gasteiger partial charge is 0.379 e. The second-order valence-corrected chi connectivity index (χ2v) is 8.50. The highest BCUT2D eigenvalue weighted by Gasteiger charge is 2.28. The molecule has 2 heterocycles. The normalized spacial score (nSPS) is 18.9. The summed E-state index contributed by atoms with van der Waals surface area (Å²) in [5.41, 5.74) is 0.0829. The summed E-state index contributed by atoms with van der Waals surface area (Å²) in [6.07, 6.45) is 0. The number of hydrogen-bond donors (Lipinski definition) is 2. The monoisotopic (exact) mass is 416 g/mol. The van der Waals surface area contributed by atoms with Gasteiger partial charge in [-0.1, -0.05) is 11.6 Å². The lowest BCUT2D eigenvalue weighted by Crippen LogP contribution is -2.49. The summed E-state index contributed by atoms with van der Waals surface area (Å²) >= 11 is 6.09. The van der Waals surface area contributed by atoms with Crippen LogP contribution in [0.2, 0.25) is 5.02 Å². The Morgan fingerprint density at radius 3 is 2.44 bits per heavy atom. The predicted octanol–water partition coefficient (Wildman–Crippen LogP) is -0.269. The molecule has 27 heavy (non-hydrogen) atoms. The van der Waals surface area contributed by atoms with E-state index in [0.29, 0.717) is 39.4 Å². The minimum absolute atomic E-state index is 0.00118. The number of morpholine rings is 1. The van der Waals surface area contributed by atoms with Gasteiger partial charge in [-0.25, -0.2) is 8.42 Å². The third kappa shape index (κ3) is 4.58. The summed E-state index contributed by atoms with van der Waals surface area (Å²) < 4.78 is 32.0. The number of nitrogens with one attached hydrogen (secondary N) is 2. The molecule has 1 aromatic carbocycles. The lowest BCUT2D eigenvalue weighted by atomic mass is 10.3. The zero-order valence-electron chi connectivity index (χ0n) is 14.6. The lowest BCUT2D eigenvalue weighted by Gasteiger charge is -2.27. The van der Waals surface area contributed by atoms with Gasteiger partial charge in [0, 0.05) is 39.3 Å². The summed E-state index contributed by atoms with van der Waals surface area (Å²) in [4.78, 5) is 26.0. The van der Waals surface area contributed by atoms with Crippen LogP contribution >= 0.6 is 11.6 Å². The molecule has 0 bridgehead atoms. The first kappa shape index (κ1) is 20.0. The van der Waals surface area contributed by atoms with E-state index >= 15 is 0 Å². The Balaban J connectivity index is 1.76. The number of piperazine rings is 1. The van der Waals surface area contributed by atoms with Crippen molar-refractivity contribution in [1.82, 2.24) is 14.5 Å². The molecule has 2 amide bonds. The number of benzene rings is 1. The smallest absolute Gasteiger partial charge is 0.313 e. The van der Waals surface area contributed by atoms with E-state index in [-0.39, 0.29) is 28.7 Å². The molecule has 0 unspecified atom stereocenters. The number of sulfonamides is 1. The molecule has 2 N–H and O–H groups in total. The van der Waals surface area contributed by atoms with Gasteiger partial charge in [-0.3, -0.25) is 9.59 Å². The van der Waals surface area contributed by atoms with Crippen molar-refractivity contribution in [3.8, 4) is 0 Å². The standard InChI is InChI=1S/C16H21ClN4O5S/c17-13-2-1-12(27(24,25)21-7-9-26-10-8-21)11-14(13)19-15(22)16(23)20-5-3-18-4-6-20/h1-2,11,18H,3-10H2,(H,19,22). The molecule has 2 aliphatic rings. The molecule has 0 aliphatic carbocycles. The van der Waals surface area contributed by atoms with Crippen LogP contribution in [0, 0.1) is 0 Å². The molecule has 1 aromatic rings. The zero-order valence-corrected chi connectivity index (χ0v) is 16.2. The van der Waals surface area contributed by atoms with Crippen LogP contribution in [-0.4, -0.2) is 81.9 Å². The summed E-state index contributed by atoms with van der Waals surface area (Å²) in [5.74, 6) is -1.52. The molecule has 11 heteroatoms. The third-order valence-electron chi connectivity index (χ3n) is 4.39. The SMILES string of the molecule is O=C(Nc1cc(S(=O)(=O)N2CCOCC2)ccc1Cl)C(=O)N1CCNCC1. The first-order valence-electron chi connectivity index (χ1n) is 8.58. The number of halogens is 1. The van der Waals surface area contributed by atoms with Crippen molar-refractivity contribution in [2.75, 3.05) is 57.8 Å². The Morgan fingerprint density at radius 1 is 1.11 bits per heavy atom. The van der Waals surface area contributed by atoms with Crippen LogP contribution in [0.15, 0.2) is 23.1 Å². The van der Waals surface area contributed by atoms with Gasteiger partial charge in [-0.2, -0.15) is 4.31 Å². The van der Waals surface area contributed by atoms with Gasteiger partial charge in [0.2, 0.25) is 10.0 Å². The third-order valence-corrected chi connectivity index (χ3v) is 6.62. The fourth-order valence-electron chi connectivity index (χ4n) is 2.88. The maximum Gasteiger partial charge on any atom is 0.313 e. The Kier molecular flexibility index (Phi) is 6.33. The van der Waals surface area contributed by atoms with Crippen molar-refractivity contribution in [3.05, 3.63) is 23.2 Å². The Bertz CT molecular complexity index is 820. The first-order chi connectivity index (χ1) is 12.9. The molecule has 0 atom stereocenters. The van der Waals surface area contributed by atoms with Gasteiger partial charge >= 0.3 is 11.8 Å². The topological polar surface area (TPSA) is 108 Å². The van der Waals surface area contributed by atoms with E-state index in [1.165, 1.54) is 27.4 Å². The van der Waals surface area contributed by atoms with Crippen LogP contribution in [0.25, 0.3) is 0 Å². The molecule has 2 aliphatic heterocycles. The molecular formula is C16H21ClN4O5S. The number of carbonyl (C=O) groups is 2. The highest BCUT2D eigenvalue weighted by atomic mass is 35.5. The fourth-order valence-corrected chi connectivity index (χ4v) is 4.48. The van der Waals surface area contributed by atoms with Gasteiger partial charge in [-0.05, 0) is 18.2 Å². The molecule has 3 rings (SSSR count). The Hall–Kier alpha value is -1.72. The van der Waals surface area contributed by atoms with Crippen LogP contribution in [0.5, 0.6) is 0 Å². The molecule has 0 radical (unpaired) electrons. The van der Waals surface area contributed by atoms with Crippen molar-refractivity contribution >= 4 is 39.1 Å². The fraction of sp³-hybridized carbons (Fsp3) is 0.500. The summed E-state index contributed by atoms with van der Waals surface area (Å²) in [5, 5.41) is 5.68. The van der Waals surface area contributed by atoms with E-state index in [9.17, 15) is 18.0 Å². The van der Waals surface area contributed by atoms with Crippen LogP contribution < -0.4 is 10.6 Å². The molecule has 2 fully saturated rings. The van der Waals surface area contributed by atoms with Gasteiger partial charge in [0.25, 0.3) is 0 Å². The number of ether oxygens (including phenoxy) is 1. The van der Waals surface area contributed by atoms with E-state index in [2.05, 4.69) is 10.6 Å². The van der Waals surface area contributed by atoms with Crippen molar-refractivity contribution < 1.29 is 22.7 Å². The molecular weight excluding hydrogens is 396 g/mol. The summed E-state index contributed by atoms with van der Waals surface area (Å²) in [6, 6.07) is 4.04. The first-order valence-corrected chi connectivity index (χ1v) is 10.4. The van der Waals surface area contributed by atoms with E-state index < -0.39 is 21.8 Å². The van der Waals surface area contributed by atoms with Crippen molar-refractivity contribution in [1.29, 1.82) is 0 Å². The summed E-state index contributed by atoms with van der Waals surface area (Å²) in [6.45, 7) is 3.28. The molecule has 148 valence electrons. The van der Waals surface area contributed by atoms with Crippen LogP contribution in [0.1, 0.15) is 0 Å². The number of carbonyl (C=O) groups excluding carboxylic acids is 2. The Labute approximate surface area is 162 Å². The predicted molar refractivity (Wildman–Crippen MR) is 99.1 cm³/mol. The van der Waals surface area contributed by atoms with Crippen LogP contribution in [0.4, 0.5) is 5.69 Å². The highest BCUT2D eigenvalue weighted by molar-refractivity contribution is 7.89. The number of amides is 2. The molecule has 2 saturated heterocycles. The second kappa shape index (κ2) is 8.53. The molecule has 0 aromatic heterocycles. The average Bonchev–Trinajstić information content (AvgIpc) is 2.70. The number of rotatable bonds is 3. The van der Waals surface area contributed by atoms with E-state index in [1.54, 1.807) is 0 Å². The quantitative estimate of drug-likeness (QED) is 0.657. The maximum absolute atomic E-state index is 12.8. The second-order valence-electron chi connectivity index (χ2n) is 6.15. The van der Waals surface area contributed by atoms with E-state index in [1.807, 2.05) is 0 Å². The average molecular weight is 417 g/mol. The van der Waals surface area contributed by atoms with Gasteiger partial charge in [0.05, 0.1) is 28.8 Å². The maximum atomic E-state index is 12.8. The van der Waals surface area contributed by atoms with Crippen molar-refractivity contribution in [2.24, 2.45) is 0 Å². The van der Waals surface area contributed by atoms with Crippen LogP contribution in [0.3, 0.4) is 0 Å². The Morgan fingerprint density at radius 2 is 1.78 bits per heavy atom. The summed E-state index contributed by atoms with van der Waals surface area (Å²) in [7, 11) is -3.74. The van der Waals surface area contributed by atoms with Crippen molar-refractivity contribution in [3.63, 3.8) is 0 Å². The van der Waals surface area contributed by atoms with Gasteiger partial charge in [0.1, 0.15) is 0 Å². The number of nitrogens with zero attached hydrogens (tertiary/aromatic N) is 2. The number of hydrogen-bond acceptors (Lipinski definition) is 6. The molecule has 9 nitrogen and oxygen atoms in total. The highest BCUT2D eigenvalue weighted by Crippen LogP contribution is 2.27. The zero-order chi connectivity index (χ0) is 19.4. The molecule has 0 saturated carbocycles. The molecule has 0 spiro atoms. The minimum atomic E-state index is -3.74. The van der Waals surface area contributed by atoms with Crippen LogP contribution in [-0.2, 0) is 24.3 Å². The van der Waals surface area contributed by atoms with E-state index in [0.717, 1.165) is 0 Å². The van der Waals surface area contributed by atoms with Crippen molar-refractivity contribution in [2.45, 2.75) is 4.90 Å². The van der Waals surface area contributed by atoms with Gasteiger partial charge in [0.15, 0.2) is 0 Å². The lowest BCUT2D eigenvalue weighted by molar-refractivity contribution is -0.143. The van der Waals surface area contributed by atoms with Gasteiger partial charge < -0.3 is 20.3 Å². The minimum Gasteiger partial charge on any atom is -0.379 e. The van der Waals surface area contributed by atoms with Gasteiger partial charge in [-0.15, -0.1) is 0 Å². The number of anilines is 1. The van der Waals surface area contributed by atoms with E-state index in [4.69, 9.17) is 16.3 Å².